The molecule has 0 fully saturated rings. The molecule has 20 heavy (non-hydrogen) atoms. The van der Waals surface area contributed by atoms with Gasteiger partial charge in [-0.2, -0.15) is 0 Å². The Morgan fingerprint density at radius 1 is 1.40 bits per heavy atom. The first-order valence-corrected chi connectivity index (χ1v) is 5.48. The van der Waals surface area contributed by atoms with Crippen LogP contribution in [0, 0.1) is 10.1 Å². The molecule has 8 heteroatoms. The predicted octanol–water partition coefficient (Wildman–Crippen LogP) is 1.53. The summed E-state index contributed by atoms with van der Waals surface area (Å²) in [5, 5.41) is 22.6. The van der Waals surface area contributed by atoms with E-state index in [0.717, 1.165) is 18.2 Å². The van der Waals surface area contributed by atoms with Crippen LogP contribution in [0.1, 0.15) is 10.5 Å². The highest BCUT2D eigenvalue weighted by Gasteiger charge is 2.15. The Balaban J connectivity index is 2.30. The van der Waals surface area contributed by atoms with Crippen LogP contribution in [0.25, 0.3) is 0 Å². The van der Waals surface area contributed by atoms with Gasteiger partial charge in [0.15, 0.2) is 5.69 Å². The zero-order valence-corrected chi connectivity index (χ0v) is 10.1. The number of amides is 1. The maximum atomic E-state index is 11.9. The maximum Gasteiger partial charge on any atom is 0.276 e. The van der Waals surface area contributed by atoms with Crippen molar-refractivity contribution in [3.8, 4) is 5.75 Å². The van der Waals surface area contributed by atoms with Crippen LogP contribution in [0.2, 0.25) is 0 Å². The van der Waals surface area contributed by atoms with Gasteiger partial charge in [0.1, 0.15) is 5.75 Å². The molecule has 2 rings (SSSR count). The molecular weight excluding hydrogens is 264 g/mol. The minimum atomic E-state index is -0.668. The Hall–Kier alpha value is -3.16. The number of aromatic nitrogens is 1. The van der Waals surface area contributed by atoms with E-state index in [4.69, 9.17) is 5.73 Å². The Kier molecular flexibility index (Phi) is 3.47. The van der Waals surface area contributed by atoms with E-state index >= 15 is 0 Å². The Labute approximate surface area is 113 Å². The number of benzene rings is 1. The van der Waals surface area contributed by atoms with Gasteiger partial charge < -0.3 is 16.2 Å². The fourth-order valence-corrected chi connectivity index (χ4v) is 1.53. The van der Waals surface area contributed by atoms with Crippen molar-refractivity contribution in [3.05, 3.63) is 52.3 Å². The molecule has 0 unspecified atom stereocenters. The molecule has 1 amide bonds. The highest BCUT2D eigenvalue weighted by atomic mass is 16.6. The van der Waals surface area contributed by atoms with E-state index in [-0.39, 0.29) is 28.5 Å². The number of nitrogens with two attached hydrogens (primary N) is 1. The van der Waals surface area contributed by atoms with Gasteiger partial charge in [0.05, 0.1) is 16.3 Å². The largest absolute Gasteiger partial charge is 0.506 e. The summed E-state index contributed by atoms with van der Waals surface area (Å²) in [5.41, 5.74) is 5.38. The summed E-state index contributed by atoms with van der Waals surface area (Å²) < 4.78 is 0. The number of carbonyl (C=O) groups is 1. The molecule has 1 aromatic heterocycles. The Bertz CT molecular complexity index is 687. The molecule has 102 valence electrons. The van der Waals surface area contributed by atoms with E-state index in [1.807, 2.05) is 0 Å². The molecule has 1 aromatic carbocycles. The number of nitro benzene ring substituents is 1. The first kappa shape index (κ1) is 13.3. The van der Waals surface area contributed by atoms with E-state index in [1.54, 1.807) is 6.07 Å². The van der Waals surface area contributed by atoms with Crippen LogP contribution < -0.4 is 11.1 Å². The van der Waals surface area contributed by atoms with Crippen LogP contribution in [-0.4, -0.2) is 20.9 Å². The molecule has 0 saturated heterocycles. The Morgan fingerprint density at radius 3 is 2.80 bits per heavy atom. The average Bonchev–Trinajstić information content (AvgIpc) is 2.41. The summed E-state index contributed by atoms with van der Waals surface area (Å²) in [6, 6.07) is 6.36. The fraction of sp³-hybridized carbons (Fsp3) is 0. The summed E-state index contributed by atoms with van der Waals surface area (Å²) in [5.74, 6) is -0.961. The minimum absolute atomic E-state index is 0.0293. The standard InChI is InChI=1S/C12H10N4O4/c13-8-2-1-5-14-11(8)12(18)15-9-6-7(16(19)20)3-4-10(9)17/h1-6,17H,13H2,(H,15,18). The quantitative estimate of drug-likeness (QED) is 0.441. The van der Waals surface area contributed by atoms with Gasteiger partial charge in [-0.25, -0.2) is 4.98 Å². The van der Waals surface area contributed by atoms with Gasteiger partial charge in [-0.3, -0.25) is 14.9 Å². The SMILES string of the molecule is Nc1cccnc1C(=O)Nc1cc([N+](=O)[O-])ccc1O. The zero-order chi connectivity index (χ0) is 14.7. The number of nitrogen functional groups attached to an aromatic ring is 1. The molecule has 0 aliphatic rings. The summed E-state index contributed by atoms with van der Waals surface area (Å²) in [4.78, 5) is 25.8. The van der Waals surface area contributed by atoms with E-state index in [9.17, 15) is 20.0 Å². The van der Waals surface area contributed by atoms with E-state index in [1.165, 1.54) is 12.3 Å². The smallest absolute Gasteiger partial charge is 0.276 e. The number of non-ortho nitro benzene ring substituents is 1. The third kappa shape index (κ3) is 2.64. The summed E-state index contributed by atoms with van der Waals surface area (Å²) in [6.45, 7) is 0. The van der Waals surface area contributed by atoms with Gasteiger partial charge >= 0.3 is 0 Å². The third-order valence-electron chi connectivity index (χ3n) is 2.49. The second-order valence-electron chi connectivity index (χ2n) is 3.85. The molecule has 2 aromatic rings. The van der Waals surface area contributed by atoms with Gasteiger partial charge in [-0.05, 0) is 18.2 Å². The lowest BCUT2D eigenvalue weighted by molar-refractivity contribution is -0.384. The van der Waals surface area contributed by atoms with E-state index in [2.05, 4.69) is 10.3 Å². The number of nitro groups is 1. The van der Waals surface area contributed by atoms with Crippen LogP contribution in [-0.2, 0) is 0 Å². The number of anilines is 2. The predicted molar refractivity (Wildman–Crippen MR) is 71.4 cm³/mol. The number of pyridine rings is 1. The molecule has 4 N–H and O–H groups in total. The summed E-state index contributed by atoms with van der Waals surface area (Å²) in [7, 11) is 0. The number of phenolic OH excluding ortho intramolecular Hbond substituents is 1. The van der Waals surface area contributed by atoms with Crippen molar-refractivity contribution in [2.75, 3.05) is 11.1 Å². The molecule has 0 radical (unpaired) electrons. The highest BCUT2D eigenvalue weighted by molar-refractivity contribution is 6.06. The molecule has 0 bridgehead atoms. The third-order valence-corrected chi connectivity index (χ3v) is 2.49. The van der Waals surface area contributed by atoms with Crippen molar-refractivity contribution in [1.82, 2.24) is 4.98 Å². The van der Waals surface area contributed by atoms with Crippen molar-refractivity contribution < 1.29 is 14.8 Å². The molecule has 0 aliphatic carbocycles. The molecule has 0 spiro atoms. The summed E-state index contributed by atoms with van der Waals surface area (Å²) in [6.07, 6.45) is 1.39. The summed E-state index contributed by atoms with van der Waals surface area (Å²) >= 11 is 0. The maximum absolute atomic E-state index is 11.9. The second kappa shape index (κ2) is 5.22. The van der Waals surface area contributed by atoms with Gasteiger partial charge in [0.2, 0.25) is 0 Å². The first-order valence-electron chi connectivity index (χ1n) is 5.48. The topological polar surface area (TPSA) is 131 Å². The molecule has 1 heterocycles. The minimum Gasteiger partial charge on any atom is -0.506 e. The molecule has 0 aliphatic heterocycles. The number of carbonyl (C=O) groups excluding carboxylic acids is 1. The van der Waals surface area contributed by atoms with Gasteiger partial charge in [0, 0.05) is 18.3 Å². The number of nitrogens with one attached hydrogen (secondary N) is 1. The number of phenols is 1. The van der Waals surface area contributed by atoms with Crippen LogP contribution >= 0.6 is 0 Å². The molecule has 0 atom stereocenters. The lowest BCUT2D eigenvalue weighted by Crippen LogP contribution is -2.15. The number of rotatable bonds is 3. The van der Waals surface area contributed by atoms with Crippen LogP contribution in [0.4, 0.5) is 17.1 Å². The zero-order valence-electron chi connectivity index (χ0n) is 10.1. The number of hydrogen-bond donors (Lipinski definition) is 3. The number of hydrogen-bond acceptors (Lipinski definition) is 6. The van der Waals surface area contributed by atoms with Gasteiger partial charge in [-0.15, -0.1) is 0 Å². The van der Waals surface area contributed by atoms with Crippen LogP contribution in [0.3, 0.4) is 0 Å². The first-order chi connectivity index (χ1) is 9.49. The highest BCUT2D eigenvalue weighted by Crippen LogP contribution is 2.28. The van der Waals surface area contributed by atoms with Crippen LogP contribution in [0.5, 0.6) is 5.75 Å². The Morgan fingerprint density at radius 2 is 2.15 bits per heavy atom. The molecular formula is C12H10N4O4. The van der Waals surface area contributed by atoms with Gasteiger partial charge in [0.25, 0.3) is 11.6 Å². The van der Waals surface area contributed by atoms with E-state index < -0.39 is 10.8 Å². The second-order valence-corrected chi connectivity index (χ2v) is 3.85. The lowest BCUT2D eigenvalue weighted by atomic mass is 10.2. The lowest BCUT2D eigenvalue weighted by Gasteiger charge is -2.07. The number of aromatic hydroxyl groups is 1. The average molecular weight is 274 g/mol. The van der Waals surface area contributed by atoms with Crippen LogP contribution in [0.15, 0.2) is 36.5 Å². The fourth-order valence-electron chi connectivity index (χ4n) is 1.53. The van der Waals surface area contributed by atoms with Crippen molar-refractivity contribution in [1.29, 1.82) is 0 Å². The van der Waals surface area contributed by atoms with Crippen molar-refractivity contribution in [2.45, 2.75) is 0 Å². The molecule has 8 nitrogen and oxygen atoms in total. The van der Waals surface area contributed by atoms with Crippen molar-refractivity contribution in [2.24, 2.45) is 0 Å². The monoisotopic (exact) mass is 274 g/mol. The normalized spacial score (nSPS) is 10.0. The van der Waals surface area contributed by atoms with Gasteiger partial charge in [-0.1, -0.05) is 0 Å². The van der Waals surface area contributed by atoms with Crippen molar-refractivity contribution in [3.63, 3.8) is 0 Å². The van der Waals surface area contributed by atoms with Crippen molar-refractivity contribution >= 4 is 23.0 Å². The van der Waals surface area contributed by atoms with E-state index in [0.29, 0.717) is 0 Å². The molecule has 0 saturated carbocycles. The number of nitrogens with zero attached hydrogens (tertiary/aromatic N) is 2.